The molecule has 2 rings (SSSR count). The highest BCUT2D eigenvalue weighted by Crippen LogP contribution is 2.24. The van der Waals surface area contributed by atoms with Gasteiger partial charge in [0, 0.05) is 10.5 Å². The Morgan fingerprint density at radius 3 is 2.48 bits per heavy atom. The topological polar surface area (TPSA) is 67.4 Å². The lowest BCUT2D eigenvalue weighted by Crippen LogP contribution is -2.31. The fourth-order valence-corrected chi connectivity index (χ4v) is 2.80. The van der Waals surface area contributed by atoms with Crippen molar-refractivity contribution in [2.45, 2.75) is 13.0 Å². The molecule has 8 heteroatoms. The van der Waals surface area contributed by atoms with Gasteiger partial charge in [0.15, 0.2) is 0 Å². The fraction of sp³-hybridized carbons (Fsp3) is 0.176. The van der Waals surface area contributed by atoms with Crippen LogP contribution in [0.2, 0.25) is 0 Å². The average Bonchev–Trinajstić information content (AvgIpc) is 2.56. The van der Waals surface area contributed by atoms with Gasteiger partial charge in [0.25, 0.3) is 0 Å². The highest BCUT2D eigenvalue weighted by molar-refractivity contribution is 9.10. The normalized spacial score (nSPS) is 11.6. The zero-order chi connectivity index (χ0) is 18.6. The minimum absolute atomic E-state index is 0.335. The van der Waals surface area contributed by atoms with Gasteiger partial charge < -0.3 is 15.4 Å². The summed E-state index contributed by atoms with van der Waals surface area (Å²) in [6, 6.07) is 7.62. The second-order valence-electron chi connectivity index (χ2n) is 5.15. The van der Waals surface area contributed by atoms with E-state index in [1.165, 1.54) is 0 Å². The number of esters is 1. The van der Waals surface area contributed by atoms with Crippen molar-refractivity contribution in [3.8, 4) is 0 Å². The van der Waals surface area contributed by atoms with E-state index < -0.39 is 29.2 Å². The first-order chi connectivity index (χ1) is 11.8. The maximum Gasteiger partial charge on any atom is 0.340 e. The van der Waals surface area contributed by atoms with E-state index in [1.807, 2.05) is 24.3 Å². The average molecular weight is 413 g/mol. The number of carbonyl (C=O) groups is 2. The van der Waals surface area contributed by atoms with Crippen molar-refractivity contribution < 1.29 is 23.1 Å². The van der Waals surface area contributed by atoms with Crippen LogP contribution in [0.15, 0.2) is 40.9 Å². The van der Waals surface area contributed by atoms with Crippen LogP contribution < -0.4 is 10.6 Å². The van der Waals surface area contributed by atoms with E-state index >= 15 is 0 Å². The molecule has 1 unspecified atom stereocenters. The number of urea groups is 1. The van der Waals surface area contributed by atoms with Crippen LogP contribution in [0.1, 0.15) is 28.9 Å². The van der Waals surface area contributed by atoms with Crippen molar-refractivity contribution in [2.75, 3.05) is 12.4 Å². The zero-order valence-electron chi connectivity index (χ0n) is 13.4. The number of amides is 2. The smallest absolute Gasteiger partial charge is 0.340 e. The summed E-state index contributed by atoms with van der Waals surface area (Å²) < 4.78 is 32.7. The molecule has 25 heavy (non-hydrogen) atoms. The van der Waals surface area contributed by atoms with Gasteiger partial charge in [-0.15, -0.1) is 0 Å². The third-order valence-corrected chi connectivity index (χ3v) is 4.15. The number of halogens is 3. The van der Waals surface area contributed by atoms with Gasteiger partial charge in [-0.25, -0.2) is 18.4 Å². The van der Waals surface area contributed by atoms with E-state index in [9.17, 15) is 18.4 Å². The van der Waals surface area contributed by atoms with Crippen LogP contribution in [0.4, 0.5) is 19.3 Å². The molecule has 2 amide bonds. The third-order valence-electron chi connectivity index (χ3n) is 3.43. The Morgan fingerprint density at radius 1 is 1.16 bits per heavy atom. The number of carbonyl (C=O) groups excluding carboxylic acids is 2. The molecule has 0 aliphatic heterocycles. The number of nitrogens with one attached hydrogen (secondary N) is 2. The van der Waals surface area contributed by atoms with Gasteiger partial charge in [0.05, 0.1) is 24.4 Å². The van der Waals surface area contributed by atoms with Gasteiger partial charge in [-0.2, -0.15) is 0 Å². The van der Waals surface area contributed by atoms with Crippen LogP contribution in [0.25, 0.3) is 0 Å². The highest BCUT2D eigenvalue weighted by Gasteiger charge is 2.19. The van der Waals surface area contributed by atoms with E-state index in [1.54, 1.807) is 6.92 Å². The minimum atomic E-state index is -1.07. The molecule has 0 aliphatic rings. The van der Waals surface area contributed by atoms with E-state index in [2.05, 4.69) is 31.3 Å². The molecule has 0 aliphatic carbocycles. The van der Waals surface area contributed by atoms with Crippen LogP contribution in [-0.4, -0.2) is 19.1 Å². The molecule has 132 valence electrons. The summed E-state index contributed by atoms with van der Waals surface area (Å²) in [5.74, 6) is -3.05. The lowest BCUT2D eigenvalue weighted by molar-refractivity contribution is 0.0595. The van der Waals surface area contributed by atoms with Crippen molar-refractivity contribution in [1.29, 1.82) is 0 Å². The maximum atomic E-state index is 13.8. The van der Waals surface area contributed by atoms with Gasteiger partial charge >= 0.3 is 12.0 Å². The van der Waals surface area contributed by atoms with Crippen LogP contribution in [0, 0.1) is 11.6 Å². The Morgan fingerprint density at radius 2 is 1.84 bits per heavy atom. The summed E-state index contributed by atoms with van der Waals surface area (Å²) >= 11 is 3.38. The summed E-state index contributed by atoms with van der Waals surface area (Å²) in [6.45, 7) is 1.75. The largest absolute Gasteiger partial charge is 0.465 e. The Hall–Kier alpha value is -2.48. The van der Waals surface area contributed by atoms with E-state index in [0.717, 1.165) is 23.2 Å². The first kappa shape index (κ1) is 18.9. The maximum absolute atomic E-state index is 13.8. The number of hydrogen-bond acceptors (Lipinski definition) is 3. The Balaban J connectivity index is 2.15. The predicted molar refractivity (Wildman–Crippen MR) is 92.4 cm³/mol. The summed E-state index contributed by atoms with van der Waals surface area (Å²) in [4.78, 5) is 23.5. The first-order valence-corrected chi connectivity index (χ1v) is 8.02. The fourth-order valence-electron chi connectivity index (χ4n) is 2.17. The molecule has 2 aromatic rings. The van der Waals surface area contributed by atoms with Crippen molar-refractivity contribution in [3.05, 3.63) is 63.6 Å². The SMILES string of the molecule is COC(=O)c1cc(NC(=O)NC(C)c2ccccc2Br)c(F)cc1F. The Bertz CT molecular complexity index is 814. The standard InChI is InChI=1S/C17H15BrF2N2O3/c1-9(10-5-3-4-6-12(10)18)21-17(24)22-15-7-11(16(23)25-2)13(19)8-14(15)20/h3-9H,1-2H3,(H2,21,22,24). The van der Waals surface area contributed by atoms with E-state index in [0.29, 0.717) is 6.07 Å². The molecular formula is C17H15BrF2N2O3. The van der Waals surface area contributed by atoms with Gasteiger partial charge in [-0.05, 0) is 24.6 Å². The summed E-state index contributed by atoms with van der Waals surface area (Å²) in [5.41, 5.74) is 0.0177. The first-order valence-electron chi connectivity index (χ1n) is 7.22. The van der Waals surface area contributed by atoms with Gasteiger partial charge in [0.1, 0.15) is 11.6 Å². The van der Waals surface area contributed by atoms with Crippen molar-refractivity contribution in [3.63, 3.8) is 0 Å². The number of benzene rings is 2. The summed E-state index contributed by atoms with van der Waals surface area (Å²) in [6.07, 6.45) is 0. The summed E-state index contributed by atoms with van der Waals surface area (Å²) in [7, 11) is 1.07. The highest BCUT2D eigenvalue weighted by atomic mass is 79.9. The lowest BCUT2D eigenvalue weighted by Gasteiger charge is -2.17. The van der Waals surface area contributed by atoms with Gasteiger partial charge in [-0.1, -0.05) is 34.1 Å². The molecule has 0 spiro atoms. The zero-order valence-corrected chi connectivity index (χ0v) is 15.0. The van der Waals surface area contributed by atoms with Crippen LogP contribution in [0.5, 0.6) is 0 Å². The molecule has 0 aromatic heterocycles. The molecule has 0 bridgehead atoms. The number of rotatable bonds is 4. The molecule has 0 heterocycles. The molecular weight excluding hydrogens is 398 g/mol. The number of anilines is 1. The second-order valence-corrected chi connectivity index (χ2v) is 6.00. The molecule has 5 nitrogen and oxygen atoms in total. The second kappa shape index (κ2) is 8.06. The lowest BCUT2D eigenvalue weighted by atomic mass is 10.1. The Labute approximate surface area is 151 Å². The molecule has 2 aromatic carbocycles. The van der Waals surface area contributed by atoms with Crippen molar-refractivity contribution in [1.82, 2.24) is 5.32 Å². The summed E-state index contributed by atoms with van der Waals surface area (Å²) in [5, 5.41) is 4.90. The van der Waals surface area contributed by atoms with Gasteiger partial charge in [-0.3, -0.25) is 0 Å². The number of ether oxygens (including phenoxy) is 1. The molecule has 0 radical (unpaired) electrons. The monoisotopic (exact) mass is 412 g/mol. The van der Waals surface area contributed by atoms with Crippen LogP contribution in [0.3, 0.4) is 0 Å². The van der Waals surface area contributed by atoms with Crippen molar-refractivity contribution >= 4 is 33.6 Å². The van der Waals surface area contributed by atoms with Crippen LogP contribution in [-0.2, 0) is 4.74 Å². The number of methoxy groups -OCH3 is 1. The Kier molecular flexibility index (Phi) is 6.08. The molecule has 0 saturated carbocycles. The molecule has 0 saturated heterocycles. The molecule has 2 N–H and O–H groups in total. The predicted octanol–water partition coefficient (Wildman–Crippen LogP) is 4.40. The van der Waals surface area contributed by atoms with Gasteiger partial charge in [0.2, 0.25) is 0 Å². The molecule has 1 atom stereocenters. The molecule has 0 fully saturated rings. The van der Waals surface area contributed by atoms with E-state index in [-0.39, 0.29) is 11.7 Å². The third kappa shape index (κ3) is 4.54. The minimum Gasteiger partial charge on any atom is -0.465 e. The number of hydrogen-bond donors (Lipinski definition) is 2. The quantitative estimate of drug-likeness (QED) is 0.731. The van der Waals surface area contributed by atoms with Crippen LogP contribution >= 0.6 is 15.9 Å². The van der Waals surface area contributed by atoms with Crippen molar-refractivity contribution in [2.24, 2.45) is 0 Å². The van der Waals surface area contributed by atoms with E-state index in [4.69, 9.17) is 0 Å².